The number of aromatic nitrogens is 3. The Balaban J connectivity index is 1.73. The summed E-state index contributed by atoms with van der Waals surface area (Å²) < 4.78 is 5.04. The van der Waals surface area contributed by atoms with Crippen LogP contribution in [0.3, 0.4) is 0 Å². The first-order valence-corrected chi connectivity index (χ1v) is 8.95. The molecule has 0 aliphatic rings. The maximum atomic E-state index is 11.7. The zero-order chi connectivity index (χ0) is 14.4. The minimum atomic E-state index is -0.0815. The summed E-state index contributed by atoms with van der Waals surface area (Å²) in [5, 5.41) is 4.02. The van der Waals surface area contributed by atoms with E-state index in [0.717, 1.165) is 9.50 Å². The fourth-order valence-electron chi connectivity index (χ4n) is 1.22. The van der Waals surface area contributed by atoms with E-state index >= 15 is 0 Å². The topological polar surface area (TPSA) is 67.8 Å². The van der Waals surface area contributed by atoms with E-state index in [1.807, 2.05) is 6.26 Å². The van der Waals surface area contributed by atoms with Crippen molar-refractivity contribution < 1.29 is 4.79 Å². The van der Waals surface area contributed by atoms with Gasteiger partial charge >= 0.3 is 0 Å². The lowest BCUT2D eigenvalue weighted by atomic mass is 10.4. The second-order valence-corrected chi connectivity index (χ2v) is 6.86. The summed E-state index contributed by atoms with van der Waals surface area (Å²) in [7, 11) is 0. The molecule has 0 aliphatic heterocycles. The highest BCUT2D eigenvalue weighted by Crippen LogP contribution is 2.24. The number of thioether (sulfide) groups is 2. The number of pyridine rings is 1. The summed E-state index contributed by atoms with van der Waals surface area (Å²) in [6.45, 7) is 0. The van der Waals surface area contributed by atoms with Crippen LogP contribution in [0.4, 0.5) is 5.82 Å². The normalized spacial score (nSPS) is 10.5. The number of halogens is 1. The molecule has 0 atom stereocenters. The number of hydrogen-bond donors (Lipinski definition) is 1. The van der Waals surface area contributed by atoms with Crippen molar-refractivity contribution in [2.45, 2.75) is 15.9 Å². The van der Waals surface area contributed by atoms with Gasteiger partial charge < -0.3 is 5.32 Å². The van der Waals surface area contributed by atoms with Crippen LogP contribution in [0.15, 0.2) is 27.8 Å². The van der Waals surface area contributed by atoms with Gasteiger partial charge in [-0.2, -0.15) is 4.37 Å². The molecule has 2 aromatic heterocycles. The third-order valence-electron chi connectivity index (χ3n) is 2.12. The van der Waals surface area contributed by atoms with E-state index in [1.165, 1.54) is 41.3 Å². The van der Waals surface area contributed by atoms with E-state index in [0.29, 0.717) is 23.0 Å². The van der Waals surface area contributed by atoms with Crippen LogP contribution in [-0.2, 0) is 4.79 Å². The van der Waals surface area contributed by atoms with E-state index in [-0.39, 0.29) is 5.91 Å². The van der Waals surface area contributed by atoms with Gasteiger partial charge in [-0.3, -0.25) is 4.79 Å². The molecule has 0 saturated heterocycles. The van der Waals surface area contributed by atoms with E-state index in [9.17, 15) is 4.79 Å². The molecular formula is C11H11ClN4OS3. The van der Waals surface area contributed by atoms with Gasteiger partial charge in [0.1, 0.15) is 5.82 Å². The number of rotatable bonds is 6. The summed E-state index contributed by atoms with van der Waals surface area (Å²) in [6.07, 6.45) is 3.82. The standard InChI is InChI=1S/C11H11ClN4OS3/c1-18-10-15-11(20-16-10)19-5-4-9(17)14-8-3-2-7(12)6-13-8/h2-3,6H,4-5H2,1H3,(H,13,14,17). The maximum Gasteiger partial charge on any atom is 0.226 e. The molecule has 5 nitrogen and oxygen atoms in total. The molecule has 0 aliphatic carbocycles. The summed E-state index contributed by atoms with van der Waals surface area (Å²) in [4.78, 5) is 20.0. The van der Waals surface area contributed by atoms with Crippen LogP contribution < -0.4 is 5.32 Å². The van der Waals surface area contributed by atoms with Crippen LogP contribution in [0, 0.1) is 0 Å². The molecule has 0 unspecified atom stereocenters. The highest BCUT2D eigenvalue weighted by Gasteiger charge is 2.07. The van der Waals surface area contributed by atoms with E-state index in [1.54, 1.807) is 12.1 Å². The van der Waals surface area contributed by atoms with Crippen molar-refractivity contribution in [2.24, 2.45) is 0 Å². The molecule has 1 amide bonds. The molecule has 0 aromatic carbocycles. The first-order valence-electron chi connectivity index (χ1n) is 5.59. The van der Waals surface area contributed by atoms with Crippen LogP contribution in [0.25, 0.3) is 0 Å². The highest BCUT2D eigenvalue weighted by atomic mass is 35.5. The van der Waals surface area contributed by atoms with Gasteiger partial charge in [0.25, 0.3) is 0 Å². The second kappa shape index (κ2) is 7.82. The van der Waals surface area contributed by atoms with Gasteiger partial charge in [-0.15, -0.1) is 0 Å². The molecule has 2 aromatic rings. The summed E-state index contributed by atoms with van der Waals surface area (Å²) in [5.41, 5.74) is 0. The molecule has 2 heterocycles. The molecule has 9 heteroatoms. The van der Waals surface area contributed by atoms with Gasteiger partial charge in [-0.1, -0.05) is 35.1 Å². The number of hydrogen-bond acceptors (Lipinski definition) is 7. The molecule has 2 rings (SSSR count). The summed E-state index contributed by atoms with van der Waals surface area (Å²) in [6, 6.07) is 3.35. The Morgan fingerprint density at radius 1 is 1.50 bits per heavy atom. The number of amides is 1. The second-order valence-electron chi connectivity index (χ2n) is 3.56. The number of anilines is 1. The van der Waals surface area contributed by atoms with Gasteiger partial charge in [0.15, 0.2) is 4.34 Å². The lowest BCUT2D eigenvalue weighted by molar-refractivity contribution is -0.115. The predicted octanol–water partition coefficient (Wildman–Crippen LogP) is 3.43. The molecule has 1 N–H and O–H groups in total. The maximum absolute atomic E-state index is 11.7. The van der Waals surface area contributed by atoms with Crippen molar-refractivity contribution in [3.8, 4) is 0 Å². The van der Waals surface area contributed by atoms with Crippen molar-refractivity contribution in [3.05, 3.63) is 23.4 Å². The Kier molecular flexibility index (Phi) is 6.08. The van der Waals surface area contributed by atoms with Crippen molar-refractivity contribution in [1.29, 1.82) is 0 Å². The molecule has 20 heavy (non-hydrogen) atoms. The predicted molar refractivity (Wildman–Crippen MR) is 84.9 cm³/mol. The zero-order valence-electron chi connectivity index (χ0n) is 10.5. The Hall–Kier alpha value is -0.830. The first-order chi connectivity index (χ1) is 9.67. The fourth-order valence-corrected chi connectivity index (χ4v) is 3.55. The minimum Gasteiger partial charge on any atom is -0.311 e. The Morgan fingerprint density at radius 2 is 2.35 bits per heavy atom. The average molecular weight is 347 g/mol. The van der Waals surface area contributed by atoms with Crippen molar-refractivity contribution >= 4 is 58.4 Å². The van der Waals surface area contributed by atoms with Crippen molar-refractivity contribution in [1.82, 2.24) is 14.3 Å². The summed E-state index contributed by atoms with van der Waals surface area (Å²) >= 11 is 10.1. The van der Waals surface area contributed by atoms with Crippen molar-refractivity contribution in [2.75, 3.05) is 17.3 Å². The fraction of sp³-hybridized carbons (Fsp3) is 0.273. The lowest BCUT2D eigenvalue weighted by Crippen LogP contribution is -2.13. The number of nitrogens with one attached hydrogen (secondary N) is 1. The van der Waals surface area contributed by atoms with E-state index in [2.05, 4.69) is 19.7 Å². The minimum absolute atomic E-state index is 0.0815. The van der Waals surface area contributed by atoms with E-state index < -0.39 is 0 Å². The van der Waals surface area contributed by atoms with Gasteiger partial charge in [-0.25, -0.2) is 9.97 Å². The number of carbonyl (C=O) groups excluding carboxylic acids is 1. The largest absolute Gasteiger partial charge is 0.311 e. The molecule has 0 saturated carbocycles. The van der Waals surface area contributed by atoms with Gasteiger partial charge in [0.2, 0.25) is 11.1 Å². The Bertz CT molecular complexity index is 575. The molecule has 0 bridgehead atoms. The number of carbonyl (C=O) groups is 1. The first kappa shape index (κ1) is 15.6. The van der Waals surface area contributed by atoms with Crippen LogP contribution in [0.1, 0.15) is 6.42 Å². The average Bonchev–Trinajstić information content (AvgIpc) is 2.89. The molecule has 106 valence electrons. The van der Waals surface area contributed by atoms with Gasteiger partial charge in [0.05, 0.1) is 5.02 Å². The molecule has 0 spiro atoms. The quantitative estimate of drug-likeness (QED) is 0.808. The highest BCUT2D eigenvalue weighted by molar-refractivity contribution is 8.01. The number of nitrogens with zero attached hydrogens (tertiary/aromatic N) is 3. The third kappa shape index (κ3) is 4.93. The zero-order valence-corrected chi connectivity index (χ0v) is 13.7. The summed E-state index contributed by atoms with van der Waals surface area (Å²) in [5.74, 6) is 1.08. The Labute approximate surface area is 134 Å². The van der Waals surface area contributed by atoms with Crippen molar-refractivity contribution in [3.63, 3.8) is 0 Å². The van der Waals surface area contributed by atoms with Crippen LogP contribution in [0.5, 0.6) is 0 Å². The van der Waals surface area contributed by atoms with Crippen LogP contribution in [-0.4, -0.2) is 32.3 Å². The molecule has 0 radical (unpaired) electrons. The van der Waals surface area contributed by atoms with E-state index in [4.69, 9.17) is 11.6 Å². The molecule has 0 fully saturated rings. The Morgan fingerprint density at radius 3 is 3.00 bits per heavy atom. The monoisotopic (exact) mass is 346 g/mol. The SMILES string of the molecule is CSc1nsc(SCCC(=O)Nc2ccc(Cl)cn2)n1. The molecular weight excluding hydrogens is 336 g/mol. The van der Waals surface area contributed by atoms with Crippen LogP contribution in [0.2, 0.25) is 5.02 Å². The smallest absolute Gasteiger partial charge is 0.226 e. The lowest BCUT2D eigenvalue weighted by Gasteiger charge is -2.03. The van der Waals surface area contributed by atoms with Crippen LogP contribution >= 0.6 is 46.7 Å². The third-order valence-corrected chi connectivity index (χ3v) is 4.84. The van der Waals surface area contributed by atoms with Gasteiger partial charge in [-0.05, 0) is 29.9 Å². The van der Waals surface area contributed by atoms with Gasteiger partial charge in [0, 0.05) is 18.4 Å².